The summed E-state index contributed by atoms with van der Waals surface area (Å²) in [5, 5.41) is 13.6. The first-order chi connectivity index (χ1) is 7.44. The minimum absolute atomic E-state index is 0.118. The Morgan fingerprint density at radius 1 is 1.69 bits per heavy atom. The Labute approximate surface area is 98.7 Å². The van der Waals surface area contributed by atoms with Gasteiger partial charge >= 0.3 is 0 Å². The van der Waals surface area contributed by atoms with Crippen LogP contribution in [0, 0.1) is 5.41 Å². The maximum atomic E-state index is 11.6. The summed E-state index contributed by atoms with van der Waals surface area (Å²) in [6.45, 7) is 4.59. The molecule has 1 aromatic heterocycles. The van der Waals surface area contributed by atoms with Crippen LogP contribution >= 0.6 is 11.3 Å². The molecule has 6 heteroatoms. The predicted octanol–water partition coefficient (Wildman–Crippen LogP) is 0.864. The molecule has 1 amide bonds. The number of aromatic nitrogens is 1. The third-order valence-corrected chi connectivity index (χ3v) is 2.94. The lowest BCUT2D eigenvalue weighted by atomic mass is 9.90. The van der Waals surface area contributed by atoms with Crippen molar-refractivity contribution in [1.82, 2.24) is 10.3 Å². The minimum atomic E-state index is -0.223. The Balaban J connectivity index is 2.47. The summed E-state index contributed by atoms with van der Waals surface area (Å²) in [5.41, 5.74) is 5.67. The number of hydrogen-bond acceptors (Lipinski definition) is 5. The molecular weight excluding hydrogens is 226 g/mol. The van der Waals surface area contributed by atoms with Crippen molar-refractivity contribution in [3.8, 4) is 0 Å². The summed E-state index contributed by atoms with van der Waals surface area (Å²) >= 11 is 1.24. The molecule has 1 heterocycles. The van der Waals surface area contributed by atoms with E-state index in [-0.39, 0.29) is 17.9 Å². The first-order valence-corrected chi connectivity index (χ1v) is 5.93. The fourth-order valence-corrected chi connectivity index (χ4v) is 1.74. The fraction of sp³-hybridized carbons (Fsp3) is 0.600. The summed E-state index contributed by atoms with van der Waals surface area (Å²) in [6, 6.07) is 0. The molecule has 0 spiro atoms. The quantitative estimate of drug-likeness (QED) is 0.715. The molecule has 0 saturated heterocycles. The second-order valence-electron chi connectivity index (χ2n) is 4.39. The van der Waals surface area contributed by atoms with E-state index in [0.717, 1.165) is 0 Å². The second-order valence-corrected chi connectivity index (χ2v) is 5.28. The SMILES string of the molecule is CC(C)(CCO)CNC(=O)c1csc(N)n1. The number of carbonyl (C=O) groups excluding carboxylic acids is 1. The zero-order valence-corrected chi connectivity index (χ0v) is 10.3. The highest BCUT2D eigenvalue weighted by Gasteiger charge is 2.19. The Bertz CT molecular complexity index is 363. The van der Waals surface area contributed by atoms with Gasteiger partial charge in [0.25, 0.3) is 5.91 Å². The zero-order chi connectivity index (χ0) is 12.2. The van der Waals surface area contributed by atoms with E-state index in [4.69, 9.17) is 10.8 Å². The van der Waals surface area contributed by atoms with Gasteiger partial charge in [-0.25, -0.2) is 4.98 Å². The molecule has 0 unspecified atom stereocenters. The number of amides is 1. The van der Waals surface area contributed by atoms with Crippen molar-refractivity contribution < 1.29 is 9.90 Å². The lowest BCUT2D eigenvalue weighted by Crippen LogP contribution is -2.34. The molecule has 4 N–H and O–H groups in total. The van der Waals surface area contributed by atoms with Gasteiger partial charge in [-0.3, -0.25) is 4.79 Å². The lowest BCUT2D eigenvalue weighted by Gasteiger charge is -2.23. The zero-order valence-electron chi connectivity index (χ0n) is 9.49. The van der Waals surface area contributed by atoms with Crippen molar-refractivity contribution >= 4 is 22.4 Å². The third kappa shape index (κ3) is 3.79. The van der Waals surface area contributed by atoms with E-state index >= 15 is 0 Å². The number of nitrogen functional groups attached to an aromatic ring is 1. The van der Waals surface area contributed by atoms with Crippen LogP contribution in [0.5, 0.6) is 0 Å². The van der Waals surface area contributed by atoms with Crippen molar-refractivity contribution in [2.24, 2.45) is 5.41 Å². The number of aliphatic hydroxyl groups excluding tert-OH is 1. The monoisotopic (exact) mass is 243 g/mol. The lowest BCUT2D eigenvalue weighted by molar-refractivity contribution is 0.0924. The van der Waals surface area contributed by atoms with E-state index in [1.807, 2.05) is 13.8 Å². The van der Waals surface area contributed by atoms with Gasteiger partial charge in [-0.15, -0.1) is 11.3 Å². The number of rotatable bonds is 5. The Hall–Kier alpha value is -1.14. The molecule has 90 valence electrons. The summed E-state index contributed by atoms with van der Waals surface area (Å²) in [6.07, 6.45) is 0.645. The molecule has 16 heavy (non-hydrogen) atoms. The van der Waals surface area contributed by atoms with Crippen LogP contribution in [0.4, 0.5) is 5.13 Å². The van der Waals surface area contributed by atoms with Gasteiger partial charge in [-0.2, -0.15) is 0 Å². The van der Waals surface area contributed by atoms with Crippen LogP contribution in [0.1, 0.15) is 30.8 Å². The molecule has 1 aromatic rings. The molecule has 0 aliphatic heterocycles. The third-order valence-electron chi connectivity index (χ3n) is 2.27. The summed E-state index contributed by atoms with van der Waals surface area (Å²) in [7, 11) is 0. The van der Waals surface area contributed by atoms with Gasteiger partial charge in [0.2, 0.25) is 0 Å². The van der Waals surface area contributed by atoms with E-state index < -0.39 is 0 Å². The molecule has 0 bridgehead atoms. The van der Waals surface area contributed by atoms with Gasteiger partial charge < -0.3 is 16.2 Å². The maximum absolute atomic E-state index is 11.6. The molecule has 1 rings (SSSR count). The Morgan fingerprint density at radius 3 is 2.88 bits per heavy atom. The van der Waals surface area contributed by atoms with Gasteiger partial charge in [0.05, 0.1) is 0 Å². The van der Waals surface area contributed by atoms with E-state index in [2.05, 4.69) is 10.3 Å². The maximum Gasteiger partial charge on any atom is 0.270 e. The van der Waals surface area contributed by atoms with Crippen molar-refractivity contribution in [3.05, 3.63) is 11.1 Å². The van der Waals surface area contributed by atoms with E-state index in [9.17, 15) is 4.79 Å². The van der Waals surface area contributed by atoms with Gasteiger partial charge in [0.15, 0.2) is 5.13 Å². The first-order valence-electron chi connectivity index (χ1n) is 5.05. The smallest absolute Gasteiger partial charge is 0.270 e. The summed E-state index contributed by atoms with van der Waals surface area (Å²) in [5.74, 6) is -0.223. The van der Waals surface area contributed by atoms with Crippen LogP contribution in [0.25, 0.3) is 0 Å². The Morgan fingerprint density at radius 2 is 2.38 bits per heavy atom. The largest absolute Gasteiger partial charge is 0.396 e. The van der Waals surface area contributed by atoms with Crippen LogP contribution in [0.3, 0.4) is 0 Å². The number of nitrogens with one attached hydrogen (secondary N) is 1. The van der Waals surface area contributed by atoms with Gasteiger partial charge in [0.1, 0.15) is 5.69 Å². The molecular formula is C10H17N3O2S. The molecule has 0 saturated carbocycles. The molecule has 0 radical (unpaired) electrons. The van der Waals surface area contributed by atoms with E-state index in [1.165, 1.54) is 11.3 Å². The van der Waals surface area contributed by atoms with Crippen molar-refractivity contribution in [2.75, 3.05) is 18.9 Å². The standard InChI is InChI=1S/C10H17N3O2S/c1-10(2,3-4-14)6-12-8(15)7-5-16-9(11)13-7/h5,14H,3-4,6H2,1-2H3,(H2,11,13)(H,12,15). The first kappa shape index (κ1) is 12.9. The van der Waals surface area contributed by atoms with Crippen molar-refractivity contribution in [3.63, 3.8) is 0 Å². The van der Waals surface area contributed by atoms with Crippen LogP contribution in [0.15, 0.2) is 5.38 Å². The molecule has 5 nitrogen and oxygen atoms in total. The highest BCUT2D eigenvalue weighted by Crippen LogP contribution is 2.18. The average Bonchev–Trinajstić information content (AvgIpc) is 2.61. The van der Waals surface area contributed by atoms with Gasteiger partial charge in [-0.05, 0) is 11.8 Å². The molecule has 0 aliphatic carbocycles. The van der Waals surface area contributed by atoms with Crippen LogP contribution in [-0.2, 0) is 0 Å². The summed E-state index contributed by atoms with van der Waals surface area (Å²) < 4.78 is 0. The summed E-state index contributed by atoms with van der Waals surface area (Å²) in [4.78, 5) is 15.5. The minimum Gasteiger partial charge on any atom is -0.396 e. The van der Waals surface area contributed by atoms with E-state index in [0.29, 0.717) is 23.8 Å². The highest BCUT2D eigenvalue weighted by molar-refractivity contribution is 7.13. The number of aliphatic hydroxyl groups is 1. The molecule has 0 atom stereocenters. The number of hydrogen-bond donors (Lipinski definition) is 3. The number of anilines is 1. The Kier molecular flexibility index (Phi) is 4.26. The van der Waals surface area contributed by atoms with Crippen molar-refractivity contribution in [2.45, 2.75) is 20.3 Å². The van der Waals surface area contributed by atoms with E-state index in [1.54, 1.807) is 5.38 Å². The predicted molar refractivity (Wildman–Crippen MR) is 64.3 cm³/mol. The number of carbonyl (C=O) groups is 1. The molecule has 0 aliphatic rings. The van der Waals surface area contributed by atoms with Gasteiger partial charge in [-0.1, -0.05) is 13.8 Å². The van der Waals surface area contributed by atoms with Crippen LogP contribution < -0.4 is 11.1 Å². The number of nitrogens with two attached hydrogens (primary N) is 1. The average molecular weight is 243 g/mol. The topological polar surface area (TPSA) is 88.2 Å². The van der Waals surface area contributed by atoms with Crippen LogP contribution in [-0.4, -0.2) is 29.1 Å². The highest BCUT2D eigenvalue weighted by atomic mass is 32.1. The number of nitrogens with zero attached hydrogens (tertiary/aromatic N) is 1. The normalized spacial score (nSPS) is 11.4. The molecule has 0 aromatic carbocycles. The fourth-order valence-electron chi connectivity index (χ4n) is 1.19. The number of thiazole rings is 1. The second kappa shape index (κ2) is 5.27. The molecule has 0 fully saturated rings. The van der Waals surface area contributed by atoms with Crippen molar-refractivity contribution in [1.29, 1.82) is 0 Å². The van der Waals surface area contributed by atoms with Gasteiger partial charge in [0, 0.05) is 18.5 Å². The van der Waals surface area contributed by atoms with Crippen LogP contribution in [0.2, 0.25) is 0 Å².